The third-order valence-corrected chi connectivity index (χ3v) is 0. The van der Waals surface area contributed by atoms with Gasteiger partial charge in [-0.25, -0.2) is 0 Å². The van der Waals surface area contributed by atoms with Gasteiger partial charge in [0.2, 0.25) is 0 Å². The molecule has 0 amide bonds. The molecule has 11 heteroatoms. The van der Waals surface area contributed by atoms with E-state index in [2.05, 4.69) is 0 Å². The van der Waals surface area contributed by atoms with Crippen LogP contribution in [-0.4, -0.2) is 10.1 Å². The van der Waals surface area contributed by atoms with Gasteiger partial charge in [-0.2, -0.15) is 0 Å². The minimum absolute atomic E-state index is 0. The smallest absolute Gasteiger partial charge is 2.00 e. The maximum absolute atomic E-state index is 9.80. The average Bonchev–Trinajstić information content (AvgIpc) is 1.12. The predicted molar refractivity (Wildman–Crippen MR) is 28.5 cm³/mol. The molecule has 0 saturated heterocycles. The zero-order chi connectivity index (χ0) is 9.00. The Hall–Kier alpha value is 0.469. The van der Waals surface area contributed by atoms with Crippen molar-refractivity contribution in [3.8, 4) is 0 Å². The Kier molecular flexibility index (Phi) is 9.62. The van der Waals surface area contributed by atoms with Crippen molar-refractivity contribution in [3.63, 3.8) is 0 Å². The molecule has 0 fully saturated rings. The molecule has 0 nitrogen and oxygen atoms in total. The van der Waals surface area contributed by atoms with Crippen LogP contribution in [0.5, 0.6) is 0 Å². The number of rotatable bonds is 0. The van der Waals surface area contributed by atoms with Gasteiger partial charge in [-0.05, 0) is 0 Å². The SMILES string of the molecule is F[P-](F)(F)F.F[P-](F)(F)F.[Be+2]. The predicted octanol–water partition coefficient (Wildman–Crippen LogP) is 4.70. The van der Waals surface area contributed by atoms with E-state index in [1.807, 2.05) is 0 Å². The van der Waals surface area contributed by atoms with Crippen LogP contribution in [0.15, 0.2) is 0 Å². The molecule has 0 bridgehead atoms. The van der Waals surface area contributed by atoms with Crippen molar-refractivity contribution < 1.29 is 33.6 Å². The first-order valence-corrected chi connectivity index (χ1v) is 4.06. The van der Waals surface area contributed by atoms with Crippen LogP contribution in [0.2, 0.25) is 0 Å². The van der Waals surface area contributed by atoms with Gasteiger partial charge < -0.3 is 0 Å². The fourth-order valence-electron chi connectivity index (χ4n) is 0. The van der Waals surface area contributed by atoms with Crippen LogP contribution < -0.4 is 0 Å². The van der Waals surface area contributed by atoms with Crippen molar-refractivity contribution >= 4 is 27.1 Å². The van der Waals surface area contributed by atoms with Crippen LogP contribution in [-0.2, 0) is 0 Å². The topological polar surface area (TPSA) is 0 Å². The summed E-state index contributed by atoms with van der Waals surface area (Å²) in [6.45, 7) is 0. The van der Waals surface area contributed by atoms with Gasteiger partial charge in [0.1, 0.15) is 0 Å². The molecule has 68 valence electrons. The molecule has 0 saturated carbocycles. The van der Waals surface area contributed by atoms with Crippen LogP contribution in [0.3, 0.4) is 0 Å². The van der Waals surface area contributed by atoms with Crippen molar-refractivity contribution in [2.75, 3.05) is 0 Å². The fraction of sp³-hybridized carbons (Fsp3) is 0. The third-order valence-electron chi connectivity index (χ3n) is 0. The molecular weight excluding hydrogens is 223 g/mol. The summed E-state index contributed by atoms with van der Waals surface area (Å²) in [7, 11) is -12.8. The van der Waals surface area contributed by atoms with Crippen molar-refractivity contribution in [1.82, 2.24) is 0 Å². The van der Waals surface area contributed by atoms with Crippen LogP contribution in [0, 0.1) is 0 Å². The maximum Gasteiger partial charge on any atom is 2.00 e. The van der Waals surface area contributed by atoms with Crippen LogP contribution in [0.1, 0.15) is 0 Å². The van der Waals surface area contributed by atoms with E-state index in [-0.39, 0.29) is 10.1 Å². The summed E-state index contributed by atoms with van der Waals surface area (Å²) in [5.41, 5.74) is 0. The van der Waals surface area contributed by atoms with Gasteiger partial charge in [-0.3, -0.25) is 0 Å². The second kappa shape index (κ2) is 6.04. The second-order valence-electron chi connectivity index (χ2n) is 0.767. The molecule has 0 rings (SSSR count). The summed E-state index contributed by atoms with van der Waals surface area (Å²) in [6, 6.07) is 0. The summed E-state index contributed by atoms with van der Waals surface area (Å²) in [5.74, 6) is 0. The number of halogens is 8. The van der Waals surface area contributed by atoms with Crippen molar-refractivity contribution in [3.05, 3.63) is 0 Å². The first-order valence-electron chi connectivity index (χ1n) is 1.35. The second-order valence-corrected chi connectivity index (χ2v) is 2.30. The number of hydrogen-bond acceptors (Lipinski definition) is 0. The summed E-state index contributed by atoms with van der Waals surface area (Å²) in [6.07, 6.45) is 0. The summed E-state index contributed by atoms with van der Waals surface area (Å²) in [4.78, 5) is 0. The monoisotopic (exact) mass is 223 g/mol. The molecular formula is BeF8P2. The van der Waals surface area contributed by atoms with Crippen LogP contribution >= 0.6 is 17.0 Å². The van der Waals surface area contributed by atoms with Gasteiger partial charge >= 0.3 is 60.7 Å². The summed E-state index contributed by atoms with van der Waals surface area (Å²) >= 11 is 0. The van der Waals surface area contributed by atoms with E-state index in [0.717, 1.165) is 0 Å². The van der Waals surface area contributed by atoms with E-state index >= 15 is 0 Å². The van der Waals surface area contributed by atoms with E-state index in [0.29, 0.717) is 0 Å². The number of hydrogen-bond donors (Lipinski definition) is 0. The van der Waals surface area contributed by atoms with E-state index < -0.39 is 17.0 Å². The standard InChI is InChI=1S/Be.2F4P/c;2*1-5(2,3)4/q+2;2*-1. The Balaban J connectivity index is -0.000000107. The normalized spacial score (nSPS) is 13.8. The van der Waals surface area contributed by atoms with Crippen molar-refractivity contribution in [1.29, 1.82) is 0 Å². The molecule has 0 spiro atoms. The van der Waals surface area contributed by atoms with Crippen molar-refractivity contribution in [2.45, 2.75) is 0 Å². The molecule has 0 aliphatic carbocycles. The first kappa shape index (κ1) is 17.5. The molecule has 0 aromatic carbocycles. The molecule has 0 atom stereocenters. The molecule has 0 aliphatic heterocycles. The van der Waals surface area contributed by atoms with Gasteiger partial charge in [0, 0.05) is 0 Å². The van der Waals surface area contributed by atoms with Crippen LogP contribution in [0.25, 0.3) is 0 Å². The van der Waals surface area contributed by atoms with Crippen molar-refractivity contribution in [2.24, 2.45) is 0 Å². The zero-order valence-corrected chi connectivity index (χ0v) is 6.41. The molecule has 0 aromatic rings. The average molecular weight is 223 g/mol. The van der Waals surface area contributed by atoms with Crippen LogP contribution in [0.4, 0.5) is 33.6 Å². The molecule has 0 unspecified atom stereocenters. The maximum atomic E-state index is 9.80. The largest absolute Gasteiger partial charge is 2.00 e. The fourth-order valence-corrected chi connectivity index (χ4v) is 0. The molecule has 0 aliphatic rings. The van der Waals surface area contributed by atoms with Gasteiger partial charge in [-0.1, -0.05) is 0 Å². The van der Waals surface area contributed by atoms with E-state index in [1.165, 1.54) is 0 Å². The molecule has 0 N–H and O–H groups in total. The minimum atomic E-state index is -6.39. The van der Waals surface area contributed by atoms with E-state index in [1.54, 1.807) is 0 Å². The quantitative estimate of drug-likeness (QED) is 0.317. The molecule has 0 heterocycles. The first-order chi connectivity index (χ1) is 4.00. The Bertz CT molecular complexity index is 55.1. The Labute approximate surface area is 61.8 Å². The van der Waals surface area contributed by atoms with Gasteiger partial charge in [0.15, 0.2) is 0 Å². The Morgan fingerprint density at radius 3 is 0.455 bits per heavy atom. The van der Waals surface area contributed by atoms with Gasteiger partial charge in [-0.15, -0.1) is 0 Å². The molecule has 0 aromatic heterocycles. The third kappa shape index (κ3) is 3420. The summed E-state index contributed by atoms with van der Waals surface area (Å²) < 4.78 is 78.4. The van der Waals surface area contributed by atoms with Gasteiger partial charge in [0.05, 0.1) is 0 Å². The van der Waals surface area contributed by atoms with Gasteiger partial charge in [0.25, 0.3) is 0 Å². The Morgan fingerprint density at radius 2 is 0.455 bits per heavy atom. The Morgan fingerprint density at radius 1 is 0.455 bits per heavy atom. The summed E-state index contributed by atoms with van der Waals surface area (Å²) in [5, 5.41) is 0. The minimum Gasteiger partial charge on any atom is 2.00 e. The molecule has 11 heavy (non-hydrogen) atoms. The van der Waals surface area contributed by atoms with E-state index in [4.69, 9.17) is 0 Å². The zero-order valence-electron chi connectivity index (χ0n) is 4.63. The molecule has 0 radical (unpaired) electrons. The van der Waals surface area contributed by atoms with E-state index in [9.17, 15) is 33.6 Å².